The summed E-state index contributed by atoms with van der Waals surface area (Å²) in [6.45, 7) is 4.92. The van der Waals surface area contributed by atoms with Gasteiger partial charge in [-0.2, -0.15) is 0 Å². The lowest BCUT2D eigenvalue weighted by molar-refractivity contribution is -0.0204. The van der Waals surface area contributed by atoms with E-state index in [1.54, 1.807) is 0 Å². The first kappa shape index (κ1) is 20.9. The lowest BCUT2D eigenvalue weighted by atomic mass is 9.53. The third kappa shape index (κ3) is 2.74. The van der Waals surface area contributed by atoms with E-state index in [0.717, 1.165) is 77.7 Å². The highest BCUT2D eigenvalue weighted by molar-refractivity contribution is 6.00. The molecule has 9 rings (SSSR count). The maximum absolute atomic E-state index is 13.8. The Labute approximate surface area is 216 Å². The van der Waals surface area contributed by atoms with Crippen molar-refractivity contribution in [3.8, 4) is 11.5 Å². The number of nitrogens with two attached hydrogens (primary N) is 1. The number of nitrogens with zero attached hydrogens (tertiary/aromatic N) is 4. The number of para-hydroxylation sites is 1. The van der Waals surface area contributed by atoms with Gasteiger partial charge in [-0.1, -0.05) is 18.2 Å². The van der Waals surface area contributed by atoms with Gasteiger partial charge in [-0.15, -0.1) is 0 Å². The van der Waals surface area contributed by atoms with Crippen LogP contribution in [0.1, 0.15) is 54.9 Å². The average molecular weight is 492 g/mol. The van der Waals surface area contributed by atoms with Gasteiger partial charge in [0.25, 0.3) is 5.91 Å². The van der Waals surface area contributed by atoms with Gasteiger partial charge in [-0.3, -0.25) is 4.79 Å². The number of fused-ring (bicyclic) bond motifs is 1. The fourth-order valence-corrected chi connectivity index (χ4v) is 8.23. The molecule has 2 N–H and O–H groups in total. The van der Waals surface area contributed by atoms with Crippen molar-refractivity contribution in [2.75, 3.05) is 6.54 Å². The first-order chi connectivity index (χ1) is 18.0. The number of aromatic nitrogens is 3. The largest absolute Gasteiger partial charge is 0.338 e. The van der Waals surface area contributed by atoms with Gasteiger partial charge in [0.15, 0.2) is 5.82 Å². The number of hydrogen-bond donors (Lipinski definition) is 1. The van der Waals surface area contributed by atoms with Crippen molar-refractivity contribution in [1.82, 2.24) is 19.0 Å². The second-order valence-electron chi connectivity index (χ2n) is 12.9. The monoisotopic (exact) mass is 491 g/mol. The lowest BCUT2D eigenvalue weighted by Gasteiger charge is -2.52. The minimum absolute atomic E-state index is 0.177. The Kier molecular flexibility index (Phi) is 3.86. The van der Waals surface area contributed by atoms with Gasteiger partial charge in [0, 0.05) is 47.7 Å². The van der Waals surface area contributed by atoms with E-state index in [9.17, 15) is 4.79 Å². The molecule has 6 heteroatoms. The Morgan fingerprint density at radius 2 is 2.00 bits per heavy atom. The summed E-state index contributed by atoms with van der Waals surface area (Å²) in [5, 5.41) is 1.26. The minimum atomic E-state index is -0.478. The summed E-state index contributed by atoms with van der Waals surface area (Å²) in [4.78, 5) is 21.3. The zero-order valence-corrected chi connectivity index (χ0v) is 21.4. The molecule has 4 heterocycles. The van der Waals surface area contributed by atoms with Crippen molar-refractivity contribution in [2.24, 2.45) is 29.4 Å². The molecule has 2 aliphatic heterocycles. The van der Waals surface area contributed by atoms with E-state index in [2.05, 4.69) is 57.4 Å². The Balaban J connectivity index is 1.22. The molecule has 5 aliphatic rings. The number of carbonyl (C=O) groups excluding carboxylic acids is 1. The molecule has 3 aliphatic carbocycles. The standard InChI is InChI=1S/C31H33N5O/c1-31(32)8-9-34-28-22(31)11-20(30(37)36-16-21-10-19-14-25(36)27(19)21)12-23(28)33-29(34)26-13-18-4-2-3-5-24(18)35(26)15-17-6-7-17/h2-5,11-13,17,19,21,25,27H,6-10,14-16,32H2,1H3/t19?,21?,25?,27-,31?/m1/s1. The summed E-state index contributed by atoms with van der Waals surface area (Å²) >= 11 is 0. The molecule has 0 bridgehead atoms. The van der Waals surface area contributed by atoms with Gasteiger partial charge in [-0.05, 0) is 92.5 Å². The van der Waals surface area contributed by atoms with Crippen LogP contribution in [0.25, 0.3) is 33.5 Å². The smallest absolute Gasteiger partial charge is 0.254 e. The highest BCUT2D eigenvalue weighted by Crippen LogP contribution is 2.60. The number of aryl methyl sites for hydroxylation is 1. The maximum atomic E-state index is 13.8. The fraction of sp³-hybridized carbons (Fsp3) is 0.484. The quantitative estimate of drug-likeness (QED) is 0.431. The molecule has 0 radical (unpaired) electrons. The number of carbonyl (C=O) groups is 1. The van der Waals surface area contributed by atoms with Crippen molar-refractivity contribution in [3.63, 3.8) is 0 Å². The summed E-state index contributed by atoms with van der Waals surface area (Å²) in [5.41, 5.74) is 12.7. The summed E-state index contributed by atoms with van der Waals surface area (Å²) in [6.07, 6.45) is 5.96. The van der Waals surface area contributed by atoms with Crippen LogP contribution in [0, 0.1) is 23.7 Å². The topological polar surface area (TPSA) is 69.1 Å². The van der Waals surface area contributed by atoms with Crippen LogP contribution in [0.4, 0.5) is 0 Å². The third-order valence-corrected chi connectivity index (χ3v) is 10.5. The predicted octanol–water partition coefficient (Wildman–Crippen LogP) is 5.13. The molecule has 6 nitrogen and oxygen atoms in total. The van der Waals surface area contributed by atoms with Gasteiger partial charge in [0.2, 0.25) is 0 Å². The van der Waals surface area contributed by atoms with Crippen molar-refractivity contribution in [1.29, 1.82) is 0 Å². The van der Waals surface area contributed by atoms with Crippen LogP contribution in [0.15, 0.2) is 42.5 Å². The van der Waals surface area contributed by atoms with Gasteiger partial charge in [0.1, 0.15) is 0 Å². The molecule has 2 aromatic carbocycles. The Morgan fingerprint density at radius 1 is 1.14 bits per heavy atom. The molecule has 3 saturated carbocycles. The number of hydrogen-bond acceptors (Lipinski definition) is 3. The molecule has 4 fully saturated rings. The van der Waals surface area contributed by atoms with Gasteiger partial charge < -0.3 is 19.8 Å². The number of amides is 1. The average Bonchev–Trinajstić information content (AvgIpc) is 3.52. The van der Waals surface area contributed by atoms with Crippen LogP contribution in [-0.2, 0) is 18.6 Å². The van der Waals surface area contributed by atoms with E-state index >= 15 is 0 Å². The second kappa shape index (κ2) is 6.84. The van der Waals surface area contributed by atoms with E-state index in [-0.39, 0.29) is 5.91 Å². The van der Waals surface area contributed by atoms with E-state index in [1.165, 1.54) is 42.3 Å². The SMILES string of the molecule is CC1(N)CCn2c(-c3cc4ccccc4n3CC3CC3)nc3cc(C(=O)N4CC5CC6CC4[C@H]65)cc1c32. The van der Waals surface area contributed by atoms with Crippen molar-refractivity contribution in [3.05, 3.63) is 53.6 Å². The van der Waals surface area contributed by atoms with Gasteiger partial charge >= 0.3 is 0 Å². The summed E-state index contributed by atoms with van der Waals surface area (Å²) in [6, 6.07) is 15.6. The Hall–Kier alpha value is -3.12. The zero-order chi connectivity index (χ0) is 24.6. The van der Waals surface area contributed by atoms with Crippen molar-refractivity contribution >= 4 is 27.8 Å². The zero-order valence-electron chi connectivity index (χ0n) is 21.4. The first-order valence-corrected chi connectivity index (χ1v) is 14.2. The van der Waals surface area contributed by atoms with Crippen LogP contribution >= 0.6 is 0 Å². The molecular weight excluding hydrogens is 458 g/mol. The molecule has 1 saturated heterocycles. The first-order valence-electron chi connectivity index (χ1n) is 14.2. The minimum Gasteiger partial charge on any atom is -0.338 e. The van der Waals surface area contributed by atoms with E-state index in [1.807, 2.05) is 6.07 Å². The van der Waals surface area contributed by atoms with Crippen LogP contribution in [0.2, 0.25) is 0 Å². The number of benzene rings is 2. The van der Waals surface area contributed by atoms with Crippen LogP contribution in [-0.4, -0.2) is 37.5 Å². The van der Waals surface area contributed by atoms with Crippen LogP contribution < -0.4 is 5.73 Å². The molecule has 188 valence electrons. The predicted molar refractivity (Wildman–Crippen MR) is 144 cm³/mol. The second-order valence-corrected chi connectivity index (χ2v) is 12.9. The van der Waals surface area contributed by atoms with Crippen LogP contribution in [0.5, 0.6) is 0 Å². The van der Waals surface area contributed by atoms with Crippen LogP contribution in [0.3, 0.4) is 0 Å². The summed E-state index contributed by atoms with van der Waals surface area (Å²) < 4.78 is 4.85. The summed E-state index contributed by atoms with van der Waals surface area (Å²) in [7, 11) is 0. The van der Waals surface area contributed by atoms with E-state index < -0.39 is 5.54 Å². The van der Waals surface area contributed by atoms with Gasteiger partial charge in [-0.25, -0.2) is 4.98 Å². The molecule has 2 aromatic heterocycles. The van der Waals surface area contributed by atoms with Crippen molar-refractivity contribution in [2.45, 2.75) is 63.7 Å². The van der Waals surface area contributed by atoms with Crippen molar-refractivity contribution < 1.29 is 4.79 Å². The van der Waals surface area contributed by atoms with E-state index in [0.29, 0.717) is 6.04 Å². The third-order valence-electron chi connectivity index (χ3n) is 10.5. The normalized spacial score (nSPS) is 31.5. The Morgan fingerprint density at radius 3 is 2.81 bits per heavy atom. The Bertz CT molecular complexity index is 1640. The number of likely N-dealkylation sites (tertiary alicyclic amines) is 1. The molecule has 4 unspecified atom stereocenters. The highest BCUT2D eigenvalue weighted by Gasteiger charge is 2.61. The highest BCUT2D eigenvalue weighted by atomic mass is 16.2. The molecule has 4 aromatic rings. The summed E-state index contributed by atoms with van der Waals surface area (Å²) in [5.74, 6) is 4.32. The number of rotatable bonds is 4. The fourth-order valence-electron chi connectivity index (χ4n) is 8.23. The molecule has 37 heavy (non-hydrogen) atoms. The molecular formula is C31H33N5O. The molecule has 1 amide bonds. The maximum Gasteiger partial charge on any atom is 0.254 e. The van der Waals surface area contributed by atoms with Gasteiger partial charge in [0.05, 0.1) is 16.7 Å². The molecule has 0 spiro atoms. The number of imidazole rings is 1. The molecule has 5 atom stereocenters. The lowest BCUT2D eigenvalue weighted by Crippen LogP contribution is -2.53. The van der Waals surface area contributed by atoms with E-state index in [4.69, 9.17) is 10.7 Å².